The predicted octanol–water partition coefficient (Wildman–Crippen LogP) is -16.3. The van der Waals surface area contributed by atoms with Crippen LogP contribution in [0, 0.1) is 11.8 Å². The number of ether oxygens (including phenoxy) is 5. The Labute approximate surface area is 349 Å². The maximum absolute atomic E-state index is 11.4. The number of hydrogen-bond donors (Lipinski definition) is 0. The van der Waals surface area contributed by atoms with Crippen LogP contribution in [-0.4, -0.2) is 142 Å². The molecule has 0 radical (unpaired) electrons. The molecule has 2 fully saturated rings. The molecule has 0 spiro atoms. The Bertz CT molecular complexity index is 1190. The first-order chi connectivity index (χ1) is 18.7. The molecule has 0 amide bonds. The maximum atomic E-state index is 11.4. The van der Waals surface area contributed by atoms with Crippen LogP contribution in [0.15, 0.2) is 0 Å². The molecule has 0 aliphatic carbocycles. The smallest absolute Gasteiger partial charge is 0.726 e. The molecule has 0 aromatic rings. The summed E-state index contributed by atoms with van der Waals surface area (Å²) < 4.78 is 179. The summed E-state index contributed by atoms with van der Waals surface area (Å²) in [6.45, 7) is -3.09. The summed E-state index contributed by atoms with van der Waals surface area (Å²) in [6.07, 6.45) is -11.0. The van der Waals surface area contributed by atoms with Crippen molar-refractivity contribution in [1.82, 2.24) is 0 Å². The largest absolute Gasteiger partial charge is 1.00 e. The molecule has 0 aromatic carbocycles. The Morgan fingerprint density at radius 3 is 1.16 bits per heavy atom. The van der Waals surface area contributed by atoms with Gasteiger partial charge >= 0.3 is 118 Å². The summed E-state index contributed by atoms with van der Waals surface area (Å²) in [6, 6.07) is 0. The molecule has 2 aliphatic rings. The van der Waals surface area contributed by atoms with Crippen molar-refractivity contribution >= 4 is 41.6 Å². The Kier molecular flexibility index (Phi) is 27.0. The van der Waals surface area contributed by atoms with Gasteiger partial charge in [0.2, 0.25) is 41.6 Å². The van der Waals surface area contributed by atoms with Crippen LogP contribution in [0.3, 0.4) is 0 Å². The van der Waals surface area contributed by atoms with Gasteiger partial charge in [-0.1, -0.05) is 0 Å². The quantitative estimate of drug-likeness (QED) is 0.0798. The van der Waals surface area contributed by atoms with Gasteiger partial charge in [-0.3, -0.25) is 16.7 Å². The van der Waals surface area contributed by atoms with Crippen molar-refractivity contribution in [2.45, 2.75) is 36.6 Å². The third kappa shape index (κ3) is 20.2. The van der Waals surface area contributed by atoms with Crippen molar-refractivity contribution in [2.75, 3.05) is 53.9 Å². The van der Waals surface area contributed by atoms with Crippen LogP contribution in [0.5, 0.6) is 0 Å². The minimum Gasteiger partial charge on any atom is -0.726 e. The van der Waals surface area contributed by atoms with Crippen LogP contribution in [0.4, 0.5) is 0 Å². The van der Waals surface area contributed by atoms with Gasteiger partial charge in [0.15, 0.2) is 0 Å². The minimum absolute atomic E-state index is 0. The molecule has 45 heavy (non-hydrogen) atoms. The van der Waals surface area contributed by atoms with Crippen LogP contribution in [0.25, 0.3) is 0 Å². The van der Waals surface area contributed by atoms with E-state index in [1.54, 1.807) is 0 Å². The van der Waals surface area contributed by atoms with E-state index in [2.05, 4.69) is 16.7 Å². The Hall–Kier alpha value is 3.28. The van der Waals surface area contributed by atoms with Crippen molar-refractivity contribution in [3.8, 4) is 0 Å². The Morgan fingerprint density at radius 2 is 0.822 bits per heavy atom. The first kappa shape index (κ1) is 52.6. The molecular weight excluding hydrogens is 748 g/mol. The zero-order valence-corrected chi connectivity index (χ0v) is 36.3. The van der Waals surface area contributed by atoms with E-state index in [1.807, 2.05) is 0 Å². The Morgan fingerprint density at radius 1 is 0.511 bits per heavy atom. The average molecular weight is 775 g/mol. The summed E-state index contributed by atoms with van der Waals surface area (Å²) in [4.78, 5) is 0. The van der Waals surface area contributed by atoms with Crippen molar-refractivity contribution in [3.05, 3.63) is 0 Å². The molecular formula is C16H26Na4O21S4. The molecule has 0 aromatic heterocycles. The van der Waals surface area contributed by atoms with Gasteiger partial charge in [-0.05, 0) is 0 Å². The molecule has 0 saturated carbocycles. The van der Waals surface area contributed by atoms with Gasteiger partial charge in [0.1, 0.15) is 36.6 Å². The fraction of sp³-hybridized carbons (Fsp3) is 1.00. The van der Waals surface area contributed by atoms with Crippen molar-refractivity contribution < 1.29 is 211 Å². The first-order valence-corrected chi connectivity index (χ1v) is 16.4. The maximum Gasteiger partial charge on any atom is 1.00 e. The molecule has 8 atom stereocenters. The van der Waals surface area contributed by atoms with Crippen LogP contribution >= 0.6 is 0 Å². The van der Waals surface area contributed by atoms with E-state index in [9.17, 15) is 51.9 Å². The molecule has 2 heterocycles. The molecule has 2 saturated heterocycles. The van der Waals surface area contributed by atoms with Crippen molar-refractivity contribution in [2.24, 2.45) is 11.8 Å². The summed E-state index contributed by atoms with van der Waals surface area (Å²) in [5.41, 5.74) is 0. The average Bonchev–Trinajstić information content (AvgIpc) is 2.77. The van der Waals surface area contributed by atoms with Gasteiger partial charge in [-0.25, -0.2) is 33.7 Å². The van der Waals surface area contributed by atoms with E-state index < -0.39 is 123 Å². The second kappa shape index (κ2) is 23.1. The molecule has 2 rings (SSSR count). The topological polar surface area (TPSA) is 312 Å². The second-order valence-corrected chi connectivity index (χ2v) is 12.6. The molecule has 21 nitrogen and oxygen atoms in total. The molecule has 2 aliphatic heterocycles. The van der Waals surface area contributed by atoms with Gasteiger partial charge < -0.3 is 41.9 Å². The second-order valence-electron chi connectivity index (χ2n) is 8.59. The molecule has 0 N–H and O–H groups in total. The third-order valence-corrected chi connectivity index (χ3v) is 7.43. The number of rotatable bonds is 16. The fourth-order valence-electron chi connectivity index (χ4n) is 4.16. The van der Waals surface area contributed by atoms with Gasteiger partial charge in [0.05, 0.1) is 39.6 Å². The van der Waals surface area contributed by atoms with E-state index in [1.165, 1.54) is 7.11 Å². The number of methoxy groups -OCH3 is 2. The summed E-state index contributed by atoms with van der Waals surface area (Å²) in [5.74, 6) is -2.47. The predicted molar refractivity (Wildman–Crippen MR) is 119 cm³/mol. The van der Waals surface area contributed by atoms with Crippen LogP contribution < -0.4 is 118 Å². The fourth-order valence-corrected chi connectivity index (χ4v) is 6.25. The van der Waals surface area contributed by atoms with E-state index in [-0.39, 0.29) is 125 Å². The number of hydrogen-bond acceptors (Lipinski definition) is 21. The van der Waals surface area contributed by atoms with Gasteiger partial charge in [0.25, 0.3) is 0 Å². The first-order valence-electron chi connectivity index (χ1n) is 11.1. The SMILES string of the molecule is COC[C@@H]1CO[C@@H](COC[C@@H]2CO[C@@H](COC)C(OS(=O)(=O)[O-])[C@@H]2OS(=O)(=O)[O-])C(OS(=O)(=O)[O-])[C@@H]1OS(=O)(=O)[O-].[Na+].[Na+].[Na+].[Na+]. The van der Waals surface area contributed by atoms with E-state index in [0.717, 1.165) is 7.11 Å². The summed E-state index contributed by atoms with van der Waals surface area (Å²) in [7, 11) is -19.7. The van der Waals surface area contributed by atoms with E-state index in [4.69, 9.17) is 23.7 Å². The van der Waals surface area contributed by atoms with Gasteiger partial charge in [-0.15, -0.1) is 0 Å². The molecule has 244 valence electrons. The van der Waals surface area contributed by atoms with Crippen molar-refractivity contribution in [3.63, 3.8) is 0 Å². The van der Waals surface area contributed by atoms with Gasteiger partial charge in [0, 0.05) is 26.1 Å². The Balaban J connectivity index is -0.00000441. The zero-order valence-electron chi connectivity index (χ0n) is 25.1. The molecule has 0 bridgehead atoms. The standard InChI is InChI=1S/C16H30O21S4.4Na/c1-29-3-9-5-33-12(16(37-41(26,27)28)13(9)34-38(17,18)19)8-31-4-10-6-32-11(7-30-2)15(36-40(23,24)25)14(10)35-39(20,21)22;;;;/h9-16H,3-8H2,1-2H3,(H,17,18,19)(H,20,21,22)(H,23,24,25)(H,26,27,28);;;;/q;4*+1/p-4/t9-,10-,11+,12+,13-,14-,15?,16?;;;;/m1..../s1. The zero-order chi connectivity index (χ0) is 31.2. The molecule has 29 heteroatoms. The van der Waals surface area contributed by atoms with Crippen LogP contribution in [0.1, 0.15) is 0 Å². The third-order valence-electron chi connectivity index (χ3n) is 5.60. The normalized spacial score (nSPS) is 29.3. The van der Waals surface area contributed by atoms with E-state index >= 15 is 0 Å². The summed E-state index contributed by atoms with van der Waals surface area (Å²) >= 11 is 0. The monoisotopic (exact) mass is 774 g/mol. The summed E-state index contributed by atoms with van der Waals surface area (Å²) in [5, 5.41) is 0. The van der Waals surface area contributed by atoms with Crippen molar-refractivity contribution in [1.29, 1.82) is 0 Å². The van der Waals surface area contributed by atoms with E-state index in [0.29, 0.717) is 0 Å². The molecule has 2 unspecified atom stereocenters. The van der Waals surface area contributed by atoms with Crippen LogP contribution in [-0.2, 0) is 82.0 Å². The van der Waals surface area contributed by atoms with Crippen LogP contribution in [0.2, 0.25) is 0 Å². The van der Waals surface area contributed by atoms with Gasteiger partial charge in [-0.2, -0.15) is 0 Å². The minimum atomic E-state index is -5.55.